The Morgan fingerprint density at radius 2 is 1.96 bits per heavy atom. The maximum absolute atomic E-state index is 13.0. The second kappa shape index (κ2) is 6.43. The summed E-state index contributed by atoms with van der Waals surface area (Å²) in [7, 11) is 1.63. The number of ether oxygens (including phenoxy) is 1. The first-order chi connectivity index (χ1) is 11.0. The van der Waals surface area contributed by atoms with Gasteiger partial charge in [-0.25, -0.2) is 4.98 Å². The van der Waals surface area contributed by atoms with Crippen molar-refractivity contribution in [2.75, 3.05) is 13.7 Å². The van der Waals surface area contributed by atoms with E-state index in [-0.39, 0.29) is 5.56 Å². The van der Waals surface area contributed by atoms with Crippen molar-refractivity contribution >= 4 is 33.2 Å². The van der Waals surface area contributed by atoms with E-state index in [4.69, 9.17) is 16.3 Å². The van der Waals surface area contributed by atoms with Crippen LogP contribution >= 0.6 is 22.9 Å². The molecule has 0 aliphatic rings. The Bertz CT molecular complexity index is 913. The average molecular weight is 349 g/mol. The third-order valence-electron chi connectivity index (χ3n) is 3.83. The Morgan fingerprint density at radius 1 is 1.26 bits per heavy atom. The highest BCUT2D eigenvalue weighted by Crippen LogP contribution is 2.36. The van der Waals surface area contributed by atoms with Gasteiger partial charge in [-0.1, -0.05) is 23.7 Å². The van der Waals surface area contributed by atoms with Crippen LogP contribution in [0.4, 0.5) is 0 Å². The zero-order valence-electron chi connectivity index (χ0n) is 13.2. The zero-order valence-corrected chi connectivity index (χ0v) is 14.8. The molecule has 0 saturated carbocycles. The van der Waals surface area contributed by atoms with Crippen LogP contribution in [0.15, 0.2) is 29.1 Å². The van der Waals surface area contributed by atoms with Crippen molar-refractivity contribution in [1.29, 1.82) is 0 Å². The highest BCUT2D eigenvalue weighted by Gasteiger charge is 2.18. The second-order valence-corrected chi connectivity index (χ2v) is 6.97. The molecule has 23 heavy (non-hydrogen) atoms. The van der Waals surface area contributed by atoms with Crippen LogP contribution in [0.25, 0.3) is 21.3 Å². The molecule has 3 aromatic rings. The van der Waals surface area contributed by atoms with Crippen LogP contribution in [0.1, 0.15) is 10.7 Å². The Hall–Kier alpha value is -1.69. The van der Waals surface area contributed by atoms with Gasteiger partial charge in [-0.3, -0.25) is 9.36 Å². The van der Waals surface area contributed by atoms with Crippen LogP contribution < -0.4 is 5.56 Å². The normalized spacial score (nSPS) is 11.3. The number of fused-ring (bicyclic) bond motifs is 1. The molecule has 0 fully saturated rings. The minimum absolute atomic E-state index is 0.0150. The van der Waals surface area contributed by atoms with Gasteiger partial charge >= 0.3 is 0 Å². The second-order valence-electron chi connectivity index (χ2n) is 5.33. The summed E-state index contributed by atoms with van der Waals surface area (Å²) in [5.74, 6) is 0.712. The quantitative estimate of drug-likeness (QED) is 0.714. The summed E-state index contributed by atoms with van der Waals surface area (Å²) in [5, 5.41) is 1.36. The molecule has 0 bridgehead atoms. The maximum Gasteiger partial charge on any atom is 0.262 e. The van der Waals surface area contributed by atoms with Crippen molar-refractivity contribution in [3.05, 3.63) is 50.3 Å². The van der Waals surface area contributed by atoms with Crippen LogP contribution in [0.5, 0.6) is 0 Å². The average Bonchev–Trinajstić information content (AvgIpc) is 2.84. The number of halogens is 1. The Balaban J connectivity index is 2.28. The predicted octanol–water partition coefficient (Wildman–Crippen LogP) is 4.04. The van der Waals surface area contributed by atoms with E-state index < -0.39 is 0 Å². The Morgan fingerprint density at radius 3 is 2.61 bits per heavy atom. The number of thiophene rings is 1. The van der Waals surface area contributed by atoms with Gasteiger partial charge in [-0.15, -0.1) is 11.3 Å². The number of methoxy groups -OCH3 is 1. The van der Waals surface area contributed by atoms with E-state index in [9.17, 15) is 4.79 Å². The van der Waals surface area contributed by atoms with Gasteiger partial charge < -0.3 is 4.74 Å². The van der Waals surface area contributed by atoms with Gasteiger partial charge in [0.1, 0.15) is 10.7 Å². The number of aromatic nitrogens is 2. The molecule has 0 N–H and O–H groups in total. The van der Waals surface area contributed by atoms with E-state index in [0.717, 1.165) is 20.8 Å². The van der Waals surface area contributed by atoms with Gasteiger partial charge in [0.15, 0.2) is 0 Å². The molecule has 0 radical (unpaired) electrons. The minimum Gasteiger partial charge on any atom is -0.383 e. The van der Waals surface area contributed by atoms with Crippen molar-refractivity contribution in [1.82, 2.24) is 9.55 Å². The maximum atomic E-state index is 13.0. The third-order valence-corrected chi connectivity index (χ3v) is 5.08. The zero-order chi connectivity index (χ0) is 16.6. The molecule has 120 valence electrons. The number of aryl methyl sites for hydroxylation is 2. The van der Waals surface area contributed by atoms with Crippen molar-refractivity contribution < 1.29 is 4.74 Å². The molecule has 2 aromatic heterocycles. The molecule has 0 amide bonds. The summed E-state index contributed by atoms with van der Waals surface area (Å²) in [4.78, 5) is 19.5. The van der Waals surface area contributed by atoms with Gasteiger partial charge in [-0.2, -0.15) is 0 Å². The first kappa shape index (κ1) is 16.2. The number of nitrogens with zero attached hydrogens (tertiary/aromatic N) is 2. The lowest BCUT2D eigenvalue weighted by Gasteiger charge is -2.09. The molecule has 0 atom stereocenters. The molecule has 4 nitrogen and oxygen atoms in total. The molecule has 2 heterocycles. The summed E-state index contributed by atoms with van der Waals surface area (Å²) in [6.07, 6.45) is 0. The van der Waals surface area contributed by atoms with Gasteiger partial charge in [-0.05, 0) is 31.5 Å². The highest BCUT2D eigenvalue weighted by molar-refractivity contribution is 7.19. The smallest absolute Gasteiger partial charge is 0.262 e. The molecule has 0 aliphatic heterocycles. The largest absolute Gasteiger partial charge is 0.383 e. The summed E-state index contributed by atoms with van der Waals surface area (Å²) in [5.41, 5.74) is 1.92. The predicted molar refractivity (Wildman–Crippen MR) is 95.7 cm³/mol. The monoisotopic (exact) mass is 348 g/mol. The summed E-state index contributed by atoms with van der Waals surface area (Å²) in [6, 6.07) is 7.56. The summed E-state index contributed by atoms with van der Waals surface area (Å²) in [6.45, 7) is 4.85. The number of hydrogen-bond acceptors (Lipinski definition) is 4. The summed E-state index contributed by atoms with van der Waals surface area (Å²) >= 11 is 7.53. The van der Waals surface area contributed by atoms with E-state index in [1.165, 1.54) is 0 Å². The Labute approximate surface area is 143 Å². The molecule has 3 rings (SSSR count). The summed E-state index contributed by atoms with van der Waals surface area (Å²) < 4.78 is 6.78. The van der Waals surface area contributed by atoms with E-state index in [1.807, 2.05) is 38.1 Å². The van der Waals surface area contributed by atoms with Crippen LogP contribution in [0, 0.1) is 13.8 Å². The standard InChI is InChI=1S/C17H17ClN2O2S/c1-10-14(12-4-6-13(18)7-5-12)15-16(23-10)19-11(2)20(17(15)21)8-9-22-3/h4-7H,8-9H2,1-3H3. The van der Waals surface area contributed by atoms with Crippen molar-refractivity contribution in [3.63, 3.8) is 0 Å². The number of benzene rings is 1. The van der Waals surface area contributed by atoms with E-state index in [0.29, 0.717) is 29.4 Å². The topological polar surface area (TPSA) is 44.1 Å². The van der Waals surface area contributed by atoms with Crippen LogP contribution in [-0.4, -0.2) is 23.3 Å². The fourth-order valence-corrected chi connectivity index (χ4v) is 3.91. The number of hydrogen-bond donors (Lipinski definition) is 0. The minimum atomic E-state index is -0.0150. The molecule has 0 saturated heterocycles. The third kappa shape index (κ3) is 2.92. The Kier molecular flexibility index (Phi) is 4.53. The number of rotatable bonds is 4. The van der Waals surface area contributed by atoms with E-state index in [1.54, 1.807) is 23.0 Å². The van der Waals surface area contributed by atoms with E-state index in [2.05, 4.69) is 4.98 Å². The lowest BCUT2D eigenvalue weighted by molar-refractivity contribution is 0.185. The fraction of sp³-hybridized carbons (Fsp3) is 0.294. The SMILES string of the molecule is COCCn1c(C)nc2sc(C)c(-c3ccc(Cl)cc3)c2c1=O. The first-order valence-electron chi connectivity index (χ1n) is 7.28. The molecule has 0 aliphatic carbocycles. The molecule has 6 heteroatoms. The molecular formula is C17H17ClN2O2S. The van der Waals surface area contributed by atoms with Crippen LogP contribution in [0.3, 0.4) is 0 Å². The van der Waals surface area contributed by atoms with Crippen LogP contribution in [-0.2, 0) is 11.3 Å². The van der Waals surface area contributed by atoms with Crippen molar-refractivity contribution in [2.24, 2.45) is 0 Å². The van der Waals surface area contributed by atoms with Gasteiger partial charge in [0.25, 0.3) is 5.56 Å². The van der Waals surface area contributed by atoms with Crippen molar-refractivity contribution in [3.8, 4) is 11.1 Å². The van der Waals surface area contributed by atoms with Gasteiger partial charge in [0.05, 0.1) is 18.5 Å². The van der Waals surface area contributed by atoms with Gasteiger partial charge in [0.2, 0.25) is 0 Å². The molecule has 0 spiro atoms. The first-order valence-corrected chi connectivity index (χ1v) is 8.47. The van der Waals surface area contributed by atoms with E-state index >= 15 is 0 Å². The molecule has 1 aromatic carbocycles. The highest BCUT2D eigenvalue weighted by atomic mass is 35.5. The van der Waals surface area contributed by atoms with Gasteiger partial charge in [0, 0.05) is 22.6 Å². The molecular weight excluding hydrogens is 332 g/mol. The van der Waals surface area contributed by atoms with Crippen LogP contribution in [0.2, 0.25) is 5.02 Å². The molecule has 0 unspecified atom stereocenters. The lowest BCUT2D eigenvalue weighted by Crippen LogP contribution is -2.25. The fourth-order valence-electron chi connectivity index (χ4n) is 2.71. The lowest BCUT2D eigenvalue weighted by atomic mass is 10.0. The van der Waals surface area contributed by atoms with Crippen molar-refractivity contribution in [2.45, 2.75) is 20.4 Å².